The Hall–Kier alpha value is -1.45. The van der Waals surface area contributed by atoms with Gasteiger partial charge in [0.2, 0.25) is 5.88 Å². The fourth-order valence-corrected chi connectivity index (χ4v) is 0.838. The van der Waals surface area contributed by atoms with E-state index in [9.17, 15) is 4.79 Å². The van der Waals surface area contributed by atoms with Crippen LogP contribution in [-0.4, -0.2) is 21.9 Å². The second-order valence-electron chi connectivity index (χ2n) is 2.96. The maximum Gasteiger partial charge on any atom is 0.217 e. The fourth-order valence-electron chi connectivity index (χ4n) is 0.838. The first kappa shape index (κ1) is 9.64. The summed E-state index contributed by atoms with van der Waals surface area (Å²) in [5.74, 6) is 0.353. The van der Waals surface area contributed by atoms with Gasteiger partial charge in [0.25, 0.3) is 0 Å². The minimum absolute atomic E-state index is 0.0507. The van der Waals surface area contributed by atoms with E-state index in [1.54, 1.807) is 6.07 Å². The van der Waals surface area contributed by atoms with Gasteiger partial charge >= 0.3 is 0 Å². The van der Waals surface area contributed by atoms with Gasteiger partial charge in [0.05, 0.1) is 6.10 Å². The van der Waals surface area contributed by atoms with Crippen LogP contribution in [0, 0.1) is 0 Å². The van der Waals surface area contributed by atoms with Crippen LogP contribution in [0.5, 0.6) is 5.88 Å². The Balaban J connectivity index is 2.85. The molecule has 0 unspecified atom stereocenters. The summed E-state index contributed by atoms with van der Waals surface area (Å²) in [5.41, 5.74) is 0.380. The van der Waals surface area contributed by atoms with Crippen molar-refractivity contribution in [3.8, 4) is 5.88 Å². The Morgan fingerprint density at radius 1 is 1.46 bits per heavy atom. The molecule has 4 nitrogen and oxygen atoms in total. The van der Waals surface area contributed by atoms with Crippen LogP contribution in [0.1, 0.15) is 31.3 Å². The van der Waals surface area contributed by atoms with Crippen LogP contribution >= 0.6 is 0 Å². The van der Waals surface area contributed by atoms with Crippen molar-refractivity contribution in [2.24, 2.45) is 0 Å². The topological polar surface area (TPSA) is 52.1 Å². The number of nitrogens with zero attached hydrogens (tertiary/aromatic N) is 2. The number of rotatable bonds is 3. The van der Waals surface area contributed by atoms with Crippen LogP contribution in [-0.2, 0) is 0 Å². The maximum absolute atomic E-state index is 10.9. The highest BCUT2D eigenvalue weighted by atomic mass is 16.5. The normalized spacial score (nSPS) is 10.2. The van der Waals surface area contributed by atoms with Crippen molar-refractivity contribution in [2.75, 3.05) is 0 Å². The average molecular weight is 180 g/mol. The largest absolute Gasteiger partial charge is 0.475 e. The minimum atomic E-state index is -0.0870. The van der Waals surface area contributed by atoms with Gasteiger partial charge in [0, 0.05) is 13.0 Å². The number of hydrogen-bond acceptors (Lipinski definition) is 4. The van der Waals surface area contributed by atoms with E-state index < -0.39 is 0 Å². The predicted molar refractivity (Wildman–Crippen MR) is 47.8 cm³/mol. The lowest BCUT2D eigenvalue weighted by Gasteiger charge is -2.07. The summed E-state index contributed by atoms with van der Waals surface area (Å²) in [6, 6.07) is 1.54. The molecular weight excluding hydrogens is 168 g/mol. The molecule has 1 rings (SSSR count). The second-order valence-corrected chi connectivity index (χ2v) is 2.96. The van der Waals surface area contributed by atoms with Crippen LogP contribution < -0.4 is 4.74 Å². The molecule has 1 heterocycles. The van der Waals surface area contributed by atoms with Gasteiger partial charge in [-0.3, -0.25) is 4.79 Å². The Morgan fingerprint density at radius 2 is 2.15 bits per heavy atom. The van der Waals surface area contributed by atoms with Gasteiger partial charge in [0.15, 0.2) is 5.78 Å². The Labute approximate surface area is 77.0 Å². The molecule has 0 saturated carbocycles. The Bertz CT molecular complexity index is 310. The van der Waals surface area contributed by atoms with E-state index in [4.69, 9.17) is 4.74 Å². The lowest BCUT2D eigenvalue weighted by molar-refractivity contribution is 0.101. The van der Waals surface area contributed by atoms with Crippen LogP contribution in [0.15, 0.2) is 12.4 Å². The summed E-state index contributed by atoms with van der Waals surface area (Å²) in [6.45, 7) is 5.26. The van der Waals surface area contributed by atoms with Gasteiger partial charge in [0.1, 0.15) is 12.0 Å². The SMILES string of the molecule is CC(=O)c1cc(OC(C)C)ncn1. The molecule has 1 aromatic heterocycles. The minimum Gasteiger partial charge on any atom is -0.475 e. The standard InChI is InChI=1S/C9H12N2O2/c1-6(2)13-9-4-8(7(3)12)10-5-11-9/h4-6H,1-3H3. The predicted octanol–water partition coefficient (Wildman–Crippen LogP) is 1.47. The Kier molecular flexibility index (Phi) is 2.95. The number of Topliss-reactive ketones (excluding diaryl/α,β-unsaturated/α-hetero) is 1. The van der Waals surface area contributed by atoms with Crippen molar-refractivity contribution in [1.29, 1.82) is 0 Å². The molecule has 0 fully saturated rings. The molecule has 1 aromatic rings. The molecule has 4 heteroatoms. The zero-order valence-corrected chi connectivity index (χ0v) is 7.94. The molecule has 0 saturated heterocycles. The molecule has 0 bridgehead atoms. The highest BCUT2D eigenvalue weighted by Crippen LogP contribution is 2.08. The van der Waals surface area contributed by atoms with E-state index in [-0.39, 0.29) is 11.9 Å². The van der Waals surface area contributed by atoms with Crippen LogP contribution in [0.25, 0.3) is 0 Å². The number of hydrogen-bond donors (Lipinski definition) is 0. The zero-order chi connectivity index (χ0) is 9.84. The molecule has 13 heavy (non-hydrogen) atoms. The molecule has 0 aliphatic carbocycles. The highest BCUT2D eigenvalue weighted by molar-refractivity contribution is 5.92. The molecule has 0 atom stereocenters. The van der Waals surface area contributed by atoms with Crippen molar-refractivity contribution in [3.63, 3.8) is 0 Å². The van der Waals surface area contributed by atoms with E-state index >= 15 is 0 Å². The van der Waals surface area contributed by atoms with Gasteiger partial charge < -0.3 is 4.74 Å². The van der Waals surface area contributed by atoms with Crippen molar-refractivity contribution in [2.45, 2.75) is 26.9 Å². The van der Waals surface area contributed by atoms with Gasteiger partial charge in [-0.25, -0.2) is 9.97 Å². The van der Waals surface area contributed by atoms with Crippen molar-refractivity contribution in [3.05, 3.63) is 18.1 Å². The van der Waals surface area contributed by atoms with E-state index in [0.29, 0.717) is 11.6 Å². The molecule has 0 N–H and O–H groups in total. The molecule has 0 spiro atoms. The number of aromatic nitrogens is 2. The Morgan fingerprint density at radius 3 is 2.69 bits per heavy atom. The monoisotopic (exact) mass is 180 g/mol. The lowest BCUT2D eigenvalue weighted by Crippen LogP contribution is -2.08. The smallest absolute Gasteiger partial charge is 0.217 e. The first-order valence-electron chi connectivity index (χ1n) is 4.09. The van der Waals surface area contributed by atoms with Gasteiger partial charge in [-0.05, 0) is 13.8 Å². The van der Waals surface area contributed by atoms with E-state index in [2.05, 4.69) is 9.97 Å². The third-order valence-electron chi connectivity index (χ3n) is 1.36. The molecule has 0 aliphatic heterocycles. The van der Waals surface area contributed by atoms with Crippen LogP contribution in [0.4, 0.5) is 0 Å². The summed E-state index contributed by atoms with van der Waals surface area (Å²) >= 11 is 0. The van der Waals surface area contributed by atoms with Crippen LogP contribution in [0.3, 0.4) is 0 Å². The number of ketones is 1. The fraction of sp³-hybridized carbons (Fsp3) is 0.444. The summed E-state index contributed by atoms with van der Waals surface area (Å²) in [6.07, 6.45) is 1.38. The maximum atomic E-state index is 10.9. The third-order valence-corrected chi connectivity index (χ3v) is 1.36. The molecule has 0 radical (unpaired) electrons. The molecule has 0 aromatic carbocycles. The van der Waals surface area contributed by atoms with Gasteiger partial charge in [-0.15, -0.1) is 0 Å². The van der Waals surface area contributed by atoms with Gasteiger partial charge in [-0.2, -0.15) is 0 Å². The summed E-state index contributed by atoms with van der Waals surface area (Å²) in [5, 5.41) is 0. The summed E-state index contributed by atoms with van der Waals surface area (Å²) < 4.78 is 5.30. The first-order valence-corrected chi connectivity index (χ1v) is 4.09. The second kappa shape index (κ2) is 3.98. The molecule has 0 aliphatic rings. The lowest BCUT2D eigenvalue weighted by atomic mass is 10.3. The first-order chi connectivity index (χ1) is 6.09. The van der Waals surface area contributed by atoms with Crippen LogP contribution in [0.2, 0.25) is 0 Å². The quantitative estimate of drug-likeness (QED) is 0.661. The zero-order valence-electron chi connectivity index (χ0n) is 7.94. The number of ether oxygens (including phenoxy) is 1. The van der Waals surface area contributed by atoms with Crippen molar-refractivity contribution < 1.29 is 9.53 Å². The van der Waals surface area contributed by atoms with E-state index in [0.717, 1.165) is 0 Å². The molecule has 0 amide bonds. The summed E-state index contributed by atoms with van der Waals surface area (Å²) in [7, 11) is 0. The van der Waals surface area contributed by atoms with Crippen molar-refractivity contribution >= 4 is 5.78 Å². The highest BCUT2D eigenvalue weighted by Gasteiger charge is 2.04. The third kappa shape index (κ3) is 2.82. The molecular formula is C9H12N2O2. The van der Waals surface area contributed by atoms with Crippen molar-refractivity contribution in [1.82, 2.24) is 9.97 Å². The number of carbonyl (C=O) groups is 1. The molecule has 70 valence electrons. The van der Waals surface area contributed by atoms with Gasteiger partial charge in [-0.1, -0.05) is 0 Å². The van der Waals surface area contributed by atoms with E-state index in [1.807, 2.05) is 13.8 Å². The summed E-state index contributed by atoms with van der Waals surface area (Å²) in [4.78, 5) is 18.6. The number of carbonyl (C=O) groups excluding carboxylic acids is 1. The average Bonchev–Trinajstić information content (AvgIpc) is 2.03. The van der Waals surface area contributed by atoms with E-state index in [1.165, 1.54) is 13.3 Å².